The van der Waals surface area contributed by atoms with Gasteiger partial charge in [0.2, 0.25) is 0 Å². The van der Waals surface area contributed by atoms with Gasteiger partial charge in [-0.15, -0.1) is 0 Å². The molecule has 0 bridgehead atoms. The highest BCUT2D eigenvalue weighted by Crippen LogP contribution is 2.42. The van der Waals surface area contributed by atoms with E-state index in [9.17, 15) is 9.60 Å². The number of aromatic nitrogens is 4. The molecule has 0 spiro atoms. The number of fused-ring (bicyclic) bond motifs is 4. The van der Waals surface area contributed by atoms with E-state index in [4.69, 9.17) is 14.3 Å². The van der Waals surface area contributed by atoms with Gasteiger partial charge in [-0.1, -0.05) is 206 Å². The lowest BCUT2D eigenvalue weighted by molar-refractivity contribution is -0.571. The molecule has 5 nitrogen and oxygen atoms in total. The molecule has 5 heteroatoms. The quantitative estimate of drug-likeness (QED) is 0.0903. The Morgan fingerprint density at radius 3 is 1.46 bits per heavy atom. The van der Waals surface area contributed by atoms with Crippen LogP contribution in [-0.2, 0) is 0 Å². The van der Waals surface area contributed by atoms with E-state index in [0.717, 1.165) is 11.1 Å². The molecule has 15 aromatic rings. The number of ether oxygens (including phenoxy) is 1. The molecular formula is C80H56N4O. The Bertz CT molecular complexity index is 5410. The molecule has 0 aliphatic carbocycles. The molecular weight excluding hydrogens is 1030 g/mol. The van der Waals surface area contributed by atoms with E-state index in [2.05, 4.69) is 11.3 Å². The summed E-state index contributed by atoms with van der Waals surface area (Å²) >= 11 is 0. The van der Waals surface area contributed by atoms with Gasteiger partial charge in [-0.3, -0.25) is 13.7 Å². The average Bonchev–Trinajstić information content (AvgIpc) is 1.70. The second-order valence-corrected chi connectivity index (χ2v) is 20.6. The zero-order valence-corrected chi connectivity index (χ0v) is 45.4. The van der Waals surface area contributed by atoms with Crippen molar-refractivity contribution in [2.75, 3.05) is 0 Å². The minimum atomic E-state index is -3.10. The topological polar surface area (TPSA) is 35.9 Å². The van der Waals surface area contributed by atoms with E-state index in [-0.39, 0.29) is 53.2 Å². The fourth-order valence-corrected chi connectivity index (χ4v) is 11.2. The van der Waals surface area contributed by atoms with Crippen LogP contribution in [0.3, 0.4) is 0 Å². The number of imidazole rings is 1. The zero-order chi connectivity index (χ0) is 68.8. The van der Waals surface area contributed by atoms with Crippen molar-refractivity contribution in [2.45, 2.75) is 13.7 Å². The maximum absolute atomic E-state index is 10.3. The fourth-order valence-electron chi connectivity index (χ4n) is 11.2. The Hall–Kier alpha value is -11.1. The van der Waals surface area contributed by atoms with Gasteiger partial charge in [0.05, 0.1) is 44.4 Å². The first-order valence-corrected chi connectivity index (χ1v) is 27.8. The Morgan fingerprint density at radius 1 is 0.388 bits per heavy atom. The highest BCUT2D eigenvalue weighted by Gasteiger charge is 2.23. The first-order chi connectivity index (χ1) is 47.8. The molecule has 0 atom stereocenters. The van der Waals surface area contributed by atoms with Gasteiger partial charge in [-0.25, -0.2) is 4.98 Å². The highest BCUT2D eigenvalue weighted by atomic mass is 16.5. The largest absolute Gasteiger partial charge is 0.458 e. The first kappa shape index (κ1) is 37.8. The van der Waals surface area contributed by atoms with Gasteiger partial charge in [0.1, 0.15) is 17.3 Å². The lowest BCUT2D eigenvalue weighted by Crippen LogP contribution is -2.31. The molecule has 0 saturated heterocycles. The van der Waals surface area contributed by atoms with Crippen LogP contribution >= 0.6 is 0 Å². The third-order valence-electron chi connectivity index (χ3n) is 15.2. The second-order valence-electron chi connectivity index (χ2n) is 20.6. The number of benzene rings is 12. The van der Waals surface area contributed by atoms with Gasteiger partial charge in [0.15, 0.2) is 0 Å². The summed E-state index contributed by atoms with van der Waals surface area (Å²) in [6.45, 7) is -6.17. The molecule has 0 fully saturated rings. The van der Waals surface area contributed by atoms with Crippen LogP contribution in [0, 0.1) is 20.0 Å². The number of hydrogen-bond acceptors (Lipinski definition) is 2. The molecule has 0 aliphatic heterocycles. The van der Waals surface area contributed by atoms with Crippen LogP contribution in [0.2, 0.25) is 0 Å². The summed E-state index contributed by atoms with van der Waals surface area (Å²) in [4.78, 5) is 4.41. The number of pyridine rings is 1. The van der Waals surface area contributed by atoms with Crippen LogP contribution in [-0.4, -0.2) is 14.1 Å². The van der Waals surface area contributed by atoms with Crippen LogP contribution < -0.4 is 9.30 Å². The van der Waals surface area contributed by atoms with Crippen LogP contribution in [0.15, 0.2) is 303 Å². The third kappa shape index (κ3) is 9.63. The predicted molar refractivity (Wildman–Crippen MR) is 350 cm³/mol. The monoisotopic (exact) mass is 1100 g/mol. The van der Waals surface area contributed by atoms with Gasteiger partial charge in [-0.05, 0) is 187 Å². The van der Waals surface area contributed by atoms with Crippen molar-refractivity contribution in [3.05, 3.63) is 321 Å². The molecule has 3 heterocycles. The maximum atomic E-state index is 10.3. The minimum Gasteiger partial charge on any atom is -0.458 e. The number of nitrogens with zero attached hydrogens (tertiary/aromatic N) is 4. The summed E-state index contributed by atoms with van der Waals surface area (Å²) in [5.74, 6) is 0.429. The lowest BCUT2D eigenvalue weighted by atomic mass is 9.89. The third-order valence-corrected chi connectivity index (χ3v) is 15.2. The summed E-state index contributed by atoms with van der Waals surface area (Å²) < 4.78 is 142. The van der Waals surface area contributed by atoms with Crippen molar-refractivity contribution in [2.24, 2.45) is 0 Å². The van der Waals surface area contributed by atoms with E-state index in [1.165, 1.54) is 0 Å². The Morgan fingerprint density at radius 2 is 0.894 bits per heavy atom. The van der Waals surface area contributed by atoms with Crippen molar-refractivity contribution in [3.63, 3.8) is 0 Å². The standard InChI is InChI=1S/C80H56N4O/c1-54-42-79(81-52-55(54)2)84-75-41-38-61(56-22-8-3-9-23-56)49-74(75)73-40-39-70(51-78(73)84)85-69-33-20-32-68(50-69)82-53-83(77-37-19-18-36-76(77)82)80-71(66-45-62(57-24-10-4-11-25-57)43-63(46-66)58-26-12-5-13-27-58)34-21-35-72(80)67-47-64(59-28-14-6-15-29-59)44-65(48-67)60-30-16-7-17-31-60/h3-52H,1-2H3/i1D3,2D3,42D,43D,44D,45D,46D,47D,48D,52D. The lowest BCUT2D eigenvalue weighted by Gasteiger charge is -2.20. The normalized spacial score (nSPS) is 14.1. The van der Waals surface area contributed by atoms with Gasteiger partial charge in [0.25, 0.3) is 6.33 Å². The van der Waals surface area contributed by atoms with Crippen molar-refractivity contribution in [3.8, 4) is 107 Å². The molecule has 3 aromatic heterocycles. The summed E-state index contributed by atoms with van der Waals surface area (Å²) in [5.41, 5.74) is 8.01. The highest BCUT2D eigenvalue weighted by molar-refractivity contribution is 6.11. The van der Waals surface area contributed by atoms with Gasteiger partial charge in [0, 0.05) is 31.2 Å². The molecule has 0 radical (unpaired) electrons. The molecule has 0 N–H and O–H groups in total. The Kier molecular flexibility index (Phi) is 9.62. The number of para-hydroxylation sites is 3. The van der Waals surface area contributed by atoms with Gasteiger partial charge in [-0.2, -0.15) is 0 Å². The smallest absolute Gasteiger partial charge is 0.269 e. The van der Waals surface area contributed by atoms with E-state index in [0.29, 0.717) is 111 Å². The van der Waals surface area contributed by atoms with Crippen molar-refractivity contribution >= 4 is 32.8 Å². The van der Waals surface area contributed by atoms with E-state index in [1.54, 1.807) is 28.8 Å². The predicted octanol–water partition coefficient (Wildman–Crippen LogP) is 20.3. The van der Waals surface area contributed by atoms with Crippen molar-refractivity contribution in [1.29, 1.82) is 0 Å². The molecule has 0 saturated carbocycles. The zero-order valence-electron chi connectivity index (χ0n) is 59.4. The van der Waals surface area contributed by atoms with Crippen LogP contribution in [0.1, 0.15) is 30.3 Å². The Balaban J connectivity index is 0.952. The molecule has 0 unspecified atom stereocenters. The van der Waals surface area contributed by atoms with Crippen molar-refractivity contribution in [1.82, 2.24) is 14.1 Å². The SMILES string of the molecule is [2H]c1nc(-n2c3ccc(-c4ccccc4)cc3c3ccc(Oc4cccc(-n5[c-][n+](-c6c(-c7c([2H])c(-c8ccccc8)c([2H])c(-c8ccccc8)c7[2H])cccc6-c6c([2H])c(-c7ccccc7)c([2H])c(-c7ccccc7)c6[2H])c6ccccc65)c4)cc32)c([2H])c(C([2H])([2H])[2H])c1C([2H])([2H])[2H]. The van der Waals surface area contributed by atoms with Crippen LogP contribution in [0.4, 0.5) is 0 Å². The summed E-state index contributed by atoms with van der Waals surface area (Å²) in [6.07, 6.45) is 2.89. The van der Waals surface area contributed by atoms with Crippen molar-refractivity contribution < 1.29 is 28.5 Å². The minimum absolute atomic E-state index is 0.00307. The summed E-state index contributed by atoms with van der Waals surface area (Å²) in [6, 6.07) is 77.2. The fraction of sp³-hybridized carbons (Fsp3) is 0.0250. The van der Waals surface area contributed by atoms with E-state index >= 15 is 0 Å². The van der Waals surface area contributed by atoms with Gasteiger partial charge < -0.3 is 4.74 Å². The first-order valence-electron chi connectivity index (χ1n) is 34.8. The molecule has 12 aromatic carbocycles. The molecule has 15 rings (SSSR count). The molecule has 0 aliphatic rings. The van der Waals surface area contributed by atoms with Crippen LogP contribution in [0.5, 0.6) is 11.5 Å². The average molecular weight is 1100 g/mol. The number of rotatable bonds is 12. The second kappa shape index (κ2) is 21.6. The molecule has 0 amide bonds. The Labute approximate surface area is 514 Å². The summed E-state index contributed by atoms with van der Waals surface area (Å²) in [5, 5.41) is 1.37. The van der Waals surface area contributed by atoms with E-state index in [1.807, 2.05) is 240 Å². The van der Waals surface area contributed by atoms with Gasteiger partial charge >= 0.3 is 0 Å². The molecule has 402 valence electrons. The van der Waals surface area contributed by atoms with Crippen LogP contribution in [0.25, 0.3) is 128 Å². The number of hydrogen-bond donors (Lipinski definition) is 0. The summed E-state index contributed by atoms with van der Waals surface area (Å²) in [7, 11) is 0. The molecule has 85 heavy (non-hydrogen) atoms. The maximum Gasteiger partial charge on any atom is 0.269 e. The van der Waals surface area contributed by atoms with E-state index < -0.39 is 37.0 Å².